The molecule has 0 aliphatic heterocycles. The van der Waals surface area contributed by atoms with Crippen LogP contribution in [-0.2, 0) is 9.84 Å². The fourth-order valence-corrected chi connectivity index (χ4v) is 3.33. The topological polar surface area (TPSA) is 70.6 Å². The number of nitrogens with zero attached hydrogens (tertiary/aromatic N) is 1. The lowest BCUT2D eigenvalue weighted by Crippen LogP contribution is -2.42. The van der Waals surface area contributed by atoms with Crippen LogP contribution in [0.25, 0.3) is 0 Å². The molecule has 1 rings (SSSR count). The minimum absolute atomic E-state index is 0. The Morgan fingerprint density at radius 2 is 1.91 bits per heavy atom. The molecule has 0 heterocycles. The van der Waals surface area contributed by atoms with E-state index in [4.69, 9.17) is 0 Å². The molecule has 0 saturated heterocycles. The van der Waals surface area contributed by atoms with E-state index in [0.717, 1.165) is 24.8 Å². The highest BCUT2D eigenvalue weighted by Crippen LogP contribution is 2.27. The van der Waals surface area contributed by atoms with Gasteiger partial charge in [0.15, 0.2) is 5.96 Å². The van der Waals surface area contributed by atoms with Crippen LogP contribution in [0.15, 0.2) is 4.99 Å². The van der Waals surface area contributed by atoms with Crippen molar-refractivity contribution in [3.8, 4) is 0 Å². The lowest BCUT2D eigenvalue weighted by atomic mass is 9.85. The second-order valence-corrected chi connectivity index (χ2v) is 8.78. The maximum absolute atomic E-state index is 11.2. The third kappa shape index (κ3) is 12.0. The molecule has 7 heteroatoms. The quantitative estimate of drug-likeness (QED) is 0.333. The molecular weight excluding hydrogens is 425 g/mol. The van der Waals surface area contributed by atoms with Crippen molar-refractivity contribution in [3.05, 3.63) is 0 Å². The highest BCUT2D eigenvalue weighted by atomic mass is 127. The van der Waals surface area contributed by atoms with Gasteiger partial charge in [0.1, 0.15) is 9.84 Å². The summed E-state index contributed by atoms with van der Waals surface area (Å²) in [4.78, 5) is 4.35. The van der Waals surface area contributed by atoms with Gasteiger partial charge >= 0.3 is 0 Å². The van der Waals surface area contributed by atoms with Crippen LogP contribution in [0.3, 0.4) is 0 Å². The van der Waals surface area contributed by atoms with Gasteiger partial charge in [-0.05, 0) is 32.6 Å². The largest absolute Gasteiger partial charge is 0.357 e. The first-order valence-electron chi connectivity index (χ1n) is 8.63. The zero-order valence-corrected chi connectivity index (χ0v) is 18.0. The van der Waals surface area contributed by atoms with Crippen LogP contribution in [0, 0.1) is 5.92 Å². The predicted octanol–water partition coefficient (Wildman–Crippen LogP) is 2.95. The molecule has 1 saturated carbocycles. The van der Waals surface area contributed by atoms with Gasteiger partial charge in [0.25, 0.3) is 0 Å². The predicted molar refractivity (Wildman–Crippen MR) is 110 cm³/mol. The molecule has 0 aromatic carbocycles. The monoisotopic (exact) mass is 459 g/mol. The Bertz CT molecular complexity index is 435. The van der Waals surface area contributed by atoms with Gasteiger partial charge in [-0.15, -0.1) is 24.0 Å². The fraction of sp³-hybridized carbons (Fsp3) is 0.938. The van der Waals surface area contributed by atoms with E-state index < -0.39 is 9.84 Å². The highest BCUT2D eigenvalue weighted by Gasteiger charge is 2.15. The summed E-state index contributed by atoms with van der Waals surface area (Å²) in [5, 5.41) is 6.57. The molecule has 0 bridgehead atoms. The van der Waals surface area contributed by atoms with Crippen molar-refractivity contribution in [2.24, 2.45) is 10.9 Å². The molecule has 2 N–H and O–H groups in total. The molecule has 23 heavy (non-hydrogen) atoms. The van der Waals surface area contributed by atoms with Crippen LogP contribution in [0.2, 0.25) is 0 Å². The number of aliphatic imine (C=N–C) groups is 1. The van der Waals surface area contributed by atoms with Crippen molar-refractivity contribution < 1.29 is 8.42 Å². The van der Waals surface area contributed by atoms with Crippen LogP contribution in [0.1, 0.15) is 58.8 Å². The summed E-state index contributed by atoms with van der Waals surface area (Å²) in [5.41, 5.74) is 0. The second-order valence-electron chi connectivity index (χ2n) is 6.52. The molecule has 5 nitrogen and oxygen atoms in total. The first-order valence-corrected chi connectivity index (χ1v) is 10.7. The van der Waals surface area contributed by atoms with E-state index in [0.29, 0.717) is 12.6 Å². The summed E-state index contributed by atoms with van der Waals surface area (Å²) in [6.07, 6.45) is 10.6. The van der Waals surface area contributed by atoms with E-state index in [2.05, 4.69) is 22.5 Å². The van der Waals surface area contributed by atoms with E-state index in [1.54, 1.807) is 0 Å². The van der Waals surface area contributed by atoms with Crippen molar-refractivity contribution in [1.29, 1.82) is 0 Å². The molecule has 1 fully saturated rings. The minimum Gasteiger partial charge on any atom is -0.357 e. The fourth-order valence-electron chi connectivity index (χ4n) is 2.91. The lowest BCUT2D eigenvalue weighted by molar-refractivity contribution is 0.322. The molecule has 1 aliphatic rings. The SMILES string of the molecule is CCNC(=NCCS(C)(=O)=O)NC(C)CCC1CCCCC1.I. The summed E-state index contributed by atoms with van der Waals surface area (Å²) in [7, 11) is -2.95. The van der Waals surface area contributed by atoms with Gasteiger partial charge in [0.2, 0.25) is 0 Å². The third-order valence-electron chi connectivity index (χ3n) is 4.19. The van der Waals surface area contributed by atoms with Gasteiger partial charge in [-0.1, -0.05) is 32.1 Å². The molecule has 1 unspecified atom stereocenters. The van der Waals surface area contributed by atoms with Gasteiger partial charge < -0.3 is 10.6 Å². The third-order valence-corrected chi connectivity index (χ3v) is 5.12. The summed E-state index contributed by atoms with van der Waals surface area (Å²) >= 11 is 0. The molecule has 0 aromatic rings. The Morgan fingerprint density at radius 3 is 2.48 bits per heavy atom. The Labute approximate surface area is 159 Å². The van der Waals surface area contributed by atoms with E-state index in [1.807, 2.05) is 6.92 Å². The summed E-state index contributed by atoms with van der Waals surface area (Å²) in [5.74, 6) is 1.71. The number of nitrogens with one attached hydrogen (secondary N) is 2. The van der Waals surface area contributed by atoms with Gasteiger partial charge in [-0.25, -0.2) is 8.42 Å². The second kappa shape index (κ2) is 12.3. The van der Waals surface area contributed by atoms with Crippen LogP contribution >= 0.6 is 24.0 Å². The Morgan fingerprint density at radius 1 is 1.26 bits per heavy atom. The molecule has 0 spiro atoms. The molecule has 138 valence electrons. The standard InChI is InChI=1S/C16H33N3O2S.HI/c1-4-17-16(18-12-13-22(3,20)21)19-14(2)10-11-15-8-6-5-7-9-15;/h14-15H,4-13H2,1-3H3,(H2,17,18,19);1H. The van der Waals surface area contributed by atoms with Gasteiger partial charge in [0.05, 0.1) is 12.3 Å². The number of guanidine groups is 1. The minimum atomic E-state index is -2.95. The Hall–Kier alpha value is -0.0500. The maximum atomic E-state index is 11.2. The van der Waals surface area contributed by atoms with Crippen molar-refractivity contribution in [2.75, 3.05) is 25.1 Å². The molecule has 0 amide bonds. The number of halogens is 1. The first kappa shape index (κ1) is 22.9. The van der Waals surface area contributed by atoms with Crippen molar-refractivity contribution in [1.82, 2.24) is 10.6 Å². The van der Waals surface area contributed by atoms with Crippen LogP contribution in [0.4, 0.5) is 0 Å². The molecule has 0 radical (unpaired) electrons. The van der Waals surface area contributed by atoms with Crippen molar-refractivity contribution in [3.63, 3.8) is 0 Å². The highest BCUT2D eigenvalue weighted by molar-refractivity contribution is 14.0. The van der Waals surface area contributed by atoms with Gasteiger partial charge in [0, 0.05) is 18.8 Å². The van der Waals surface area contributed by atoms with Crippen LogP contribution in [0.5, 0.6) is 0 Å². The molecule has 1 aliphatic carbocycles. The smallest absolute Gasteiger partial charge is 0.191 e. The average molecular weight is 459 g/mol. The first-order chi connectivity index (χ1) is 10.4. The lowest BCUT2D eigenvalue weighted by Gasteiger charge is -2.24. The van der Waals surface area contributed by atoms with Crippen molar-refractivity contribution in [2.45, 2.75) is 64.8 Å². The number of hydrogen-bond acceptors (Lipinski definition) is 3. The number of rotatable bonds is 8. The molecule has 1 atom stereocenters. The van der Waals surface area contributed by atoms with Crippen molar-refractivity contribution >= 4 is 39.8 Å². The van der Waals surface area contributed by atoms with E-state index in [-0.39, 0.29) is 29.7 Å². The summed E-state index contributed by atoms with van der Waals surface area (Å²) < 4.78 is 22.3. The van der Waals surface area contributed by atoms with E-state index in [1.165, 1.54) is 44.8 Å². The van der Waals surface area contributed by atoms with E-state index in [9.17, 15) is 8.42 Å². The van der Waals surface area contributed by atoms with Gasteiger partial charge in [-0.2, -0.15) is 0 Å². The van der Waals surface area contributed by atoms with E-state index >= 15 is 0 Å². The molecular formula is C16H34IN3O2S. The molecule has 0 aromatic heterocycles. The number of sulfone groups is 1. The average Bonchev–Trinajstić information content (AvgIpc) is 2.45. The summed E-state index contributed by atoms with van der Waals surface area (Å²) in [6.45, 7) is 5.27. The normalized spacial score (nSPS) is 18.1. The number of hydrogen-bond donors (Lipinski definition) is 2. The van der Waals surface area contributed by atoms with Gasteiger partial charge in [-0.3, -0.25) is 4.99 Å². The Balaban J connectivity index is 0.00000484. The maximum Gasteiger partial charge on any atom is 0.191 e. The summed E-state index contributed by atoms with van der Waals surface area (Å²) in [6, 6.07) is 0.359. The zero-order chi connectivity index (χ0) is 16.4. The van der Waals surface area contributed by atoms with Crippen LogP contribution in [-0.4, -0.2) is 45.5 Å². The van der Waals surface area contributed by atoms with Crippen LogP contribution < -0.4 is 10.6 Å². The zero-order valence-electron chi connectivity index (χ0n) is 14.8. The Kier molecular flexibility index (Phi) is 12.3.